The summed E-state index contributed by atoms with van der Waals surface area (Å²) in [6.45, 7) is 5.57. The fourth-order valence-corrected chi connectivity index (χ4v) is 1.50. The van der Waals surface area contributed by atoms with Crippen LogP contribution in [0.15, 0.2) is 23.3 Å². The van der Waals surface area contributed by atoms with Crippen molar-refractivity contribution in [3.63, 3.8) is 0 Å². The van der Waals surface area contributed by atoms with E-state index in [0.29, 0.717) is 13.2 Å². The Morgan fingerprint density at radius 1 is 1.27 bits per heavy atom. The summed E-state index contributed by atoms with van der Waals surface area (Å²) in [6, 6.07) is 0. The van der Waals surface area contributed by atoms with Crippen LogP contribution in [0.3, 0.4) is 0 Å². The summed E-state index contributed by atoms with van der Waals surface area (Å²) in [6.07, 6.45) is 5.80. The summed E-state index contributed by atoms with van der Waals surface area (Å²) < 4.78 is 10.7. The van der Waals surface area contributed by atoms with Crippen molar-refractivity contribution in [2.24, 2.45) is 0 Å². The van der Waals surface area contributed by atoms with Crippen LogP contribution in [0, 0.1) is 0 Å². The van der Waals surface area contributed by atoms with Gasteiger partial charge in [0.05, 0.1) is 19.8 Å². The lowest BCUT2D eigenvalue weighted by Crippen LogP contribution is -2.08. The van der Waals surface area contributed by atoms with E-state index in [1.165, 1.54) is 5.57 Å². The second-order valence-corrected chi connectivity index (χ2v) is 3.79. The summed E-state index contributed by atoms with van der Waals surface area (Å²) in [7, 11) is 0. The normalized spacial score (nSPS) is 19.9. The molecule has 0 aromatic carbocycles. The number of rotatable bonds is 5. The number of hydrogen-bond donors (Lipinski definition) is 1. The van der Waals surface area contributed by atoms with Gasteiger partial charge in [-0.15, -0.1) is 0 Å². The lowest BCUT2D eigenvalue weighted by molar-refractivity contribution is -0.0112. The molecule has 0 amide bonds. The molecule has 1 heterocycles. The molecule has 1 fully saturated rings. The maximum Gasteiger partial charge on any atom is 0.179 e. The van der Waals surface area contributed by atoms with Crippen molar-refractivity contribution in [3.8, 4) is 0 Å². The minimum absolute atomic E-state index is 0.128. The molecule has 0 atom stereocenters. The van der Waals surface area contributed by atoms with Gasteiger partial charge in [0.2, 0.25) is 0 Å². The van der Waals surface area contributed by atoms with E-state index in [1.807, 2.05) is 19.9 Å². The van der Waals surface area contributed by atoms with Gasteiger partial charge < -0.3 is 14.6 Å². The first-order chi connectivity index (χ1) is 7.24. The predicted molar refractivity (Wildman–Crippen MR) is 59.5 cm³/mol. The Kier molecular flexibility index (Phi) is 5.61. The molecule has 0 aliphatic carbocycles. The molecule has 0 aromatic rings. The molecule has 0 aromatic heterocycles. The van der Waals surface area contributed by atoms with E-state index < -0.39 is 0 Å². The van der Waals surface area contributed by atoms with Crippen LogP contribution < -0.4 is 0 Å². The van der Waals surface area contributed by atoms with E-state index in [9.17, 15) is 0 Å². The van der Waals surface area contributed by atoms with Gasteiger partial charge in [-0.05, 0) is 32.3 Å². The minimum Gasteiger partial charge on any atom is -0.392 e. The van der Waals surface area contributed by atoms with Crippen molar-refractivity contribution < 1.29 is 14.6 Å². The van der Waals surface area contributed by atoms with E-state index in [2.05, 4.69) is 6.08 Å². The Balaban J connectivity index is 2.27. The van der Waals surface area contributed by atoms with Crippen LogP contribution in [-0.2, 0) is 9.47 Å². The molecule has 0 bridgehead atoms. The first-order valence-corrected chi connectivity index (χ1v) is 5.40. The standard InChI is InChI=1S/C12H20O3/c1-10(6-7-13)4-3-5-11(2)12-14-8-9-15-12/h5-6,12-13H,3-4,7-9H2,1-2H3/b10-6+,11-5+. The van der Waals surface area contributed by atoms with Gasteiger partial charge in [-0.3, -0.25) is 0 Å². The first-order valence-electron chi connectivity index (χ1n) is 5.40. The fourth-order valence-electron chi connectivity index (χ4n) is 1.50. The van der Waals surface area contributed by atoms with Crippen molar-refractivity contribution in [1.82, 2.24) is 0 Å². The molecule has 1 rings (SSSR count). The van der Waals surface area contributed by atoms with Crippen LogP contribution >= 0.6 is 0 Å². The molecule has 86 valence electrons. The number of hydrogen-bond acceptors (Lipinski definition) is 3. The van der Waals surface area contributed by atoms with Crippen LogP contribution in [0.1, 0.15) is 26.7 Å². The molecule has 1 aliphatic heterocycles. The smallest absolute Gasteiger partial charge is 0.179 e. The van der Waals surface area contributed by atoms with Gasteiger partial charge >= 0.3 is 0 Å². The third kappa shape index (κ3) is 4.60. The molecule has 0 unspecified atom stereocenters. The predicted octanol–water partition coefficient (Wildman–Crippen LogP) is 2.02. The highest BCUT2D eigenvalue weighted by Gasteiger charge is 2.16. The zero-order chi connectivity index (χ0) is 11.1. The van der Waals surface area contributed by atoms with Gasteiger partial charge in [-0.25, -0.2) is 0 Å². The van der Waals surface area contributed by atoms with Crippen molar-refractivity contribution in [2.45, 2.75) is 33.0 Å². The lowest BCUT2D eigenvalue weighted by Gasteiger charge is -2.09. The monoisotopic (exact) mass is 212 g/mol. The molecular weight excluding hydrogens is 192 g/mol. The number of aliphatic hydroxyl groups excluding tert-OH is 1. The van der Waals surface area contributed by atoms with E-state index in [4.69, 9.17) is 14.6 Å². The molecule has 1 saturated heterocycles. The minimum atomic E-state index is -0.132. The van der Waals surface area contributed by atoms with Gasteiger partial charge in [-0.2, -0.15) is 0 Å². The Hall–Kier alpha value is -0.640. The highest BCUT2D eigenvalue weighted by atomic mass is 16.7. The van der Waals surface area contributed by atoms with Crippen LogP contribution in [0.4, 0.5) is 0 Å². The van der Waals surface area contributed by atoms with Crippen molar-refractivity contribution in [3.05, 3.63) is 23.3 Å². The Morgan fingerprint density at radius 3 is 2.53 bits per heavy atom. The van der Waals surface area contributed by atoms with Gasteiger partial charge in [-0.1, -0.05) is 17.7 Å². The number of allylic oxidation sites excluding steroid dienone is 2. The molecule has 0 radical (unpaired) electrons. The molecule has 0 saturated carbocycles. The van der Waals surface area contributed by atoms with Gasteiger partial charge in [0.25, 0.3) is 0 Å². The van der Waals surface area contributed by atoms with Crippen molar-refractivity contribution in [1.29, 1.82) is 0 Å². The maximum atomic E-state index is 8.69. The van der Waals surface area contributed by atoms with Crippen LogP contribution in [-0.4, -0.2) is 31.2 Å². The largest absolute Gasteiger partial charge is 0.392 e. The SMILES string of the molecule is C/C(=C\CO)CC/C=C(\C)C1OCCO1. The van der Waals surface area contributed by atoms with Gasteiger partial charge in [0, 0.05) is 0 Å². The zero-order valence-corrected chi connectivity index (χ0v) is 9.53. The summed E-state index contributed by atoms with van der Waals surface area (Å²) >= 11 is 0. The maximum absolute atomic E-state index is 8.69. The summed E-state index contributed by atoms with van der Waals surface area (Å²) in [5, 5.41) is 8.69. The zero-order valence-electron chi connectivity index (χ0n) is 9.53. The van der Waals surface area contributed by atoms with Gasteiger partial charge in [0.1, 0.15) is 0 Å². The highest BCUT2D eigenvalue weighted by molar-refractivity contribution is 5.06. The van der Waals surface area contributed by atoms with Gasteiger partial charge in [0.15, 0.2) is 6.29 Å². The molecular formula is C12H20O3. The molecule has 3 nitrogen and oxygen atoms in total. The third-order valence-corrected chi connectivity index (χ3v) is 2.44. The summed E-state index contributed by atoms with van der Waals surface area (Å²) in [5.41, 5.74) is 2.36. The Bertz CT molecular complexity index is 237. The third-order valence-electron chi connectivity index (χ3n) is 2.44. The average molecular weight is 212 g/mol. The van der Waals surface area contributed by atoms with Crippen molar-refractivity contribution >= 4 is 0 Å². The topological polar surface area (TPSA) is 38.7 Å². The number of ether oxygens (including phenoxy) is 2. The Morgan fingerprint density at radius 2 is 1.93 bits per heavy atom. The van der Waals surface area contributed by atoms with E-state index in [1.54, 1.807) is 0 Å². The van der Waals surface area contributed by atoms with Crippen LogP contribution in [0.25, 0.3) is 0 Å². The van der Waals surface area contributed by atoms with Crippen LogP contribution in [0.2, 0.25) is 0 Å². The molecule has 15 heavy (non-hydrogen) atoms. The lowest BCUT2D eigenvalue weighted by atomic mass is 10.1. The second-order valence-electron chi connectivity index (χ2n) is 3.79. The first kappa shape index (κ1) is 12.4. The molecule has 1 N–H and O–H groups in total. The Labute approximate surface area is 91.4 Å². The molecule has 3 heteroatoms. The average Bonchev–Trinajstić information content (AvgIpc) is 2.70. The molecule has 0 spiro atoms. The van der Waals surface area contributed by atoms with E-state index >= 15 is 0 Å². The highest BCUT2D eigenvalue weighted by Crippen LogP contribution is 2.15. The summed E-state index contributed by atoms with van der Waals surface area (Å²) in [4.78, 5) is 0. The van der Waals surface area contributed by atoms with E-state index in [0.717, 1.165) is 18.4 Å². The fraction of sp³-hybridized carbons (Fsp3) is 0.667. The quantitative estimate of drug-likeness (QED) is 0.709. The van der Waals surface area contributed by atoms with Crippen LogP contribution in [0.5, 0.6) is 0 Å². The van der Waals surface area contributed by atoms with E-state index in [-0.39, 0.29) is 12.9 Å². The summed E-state index contributed by atoms with van der Waals surface area (Å²) in [5.74, 6) is 0. The number of aliphatic hydroxyl groups is 1. The second kappa shape index (κ2) is 6.77. The van der Waals surface area contributed by atoms with Crippen molar-refractivity contribution in [2.75, 3.05) is 19.8 Å². The molecule has 1 aliphatic rings.